The standard InChI is InChI=1S/C36H28F10O5/c37-25-9-7-23(8-10-25)34(20-31(47)22-6-13-30(39)29(15-22)35(42,43)44,24-16-26(38)18-28(17-24)51-36(45,46)33(40)41)19-21-4-11-27(12-5-21)50-14-2-1-3-32(48)49/h4-13,15-18,33H,1-3,14,19-20H2,(H,48,49)/t34-/m1/s1. The molecular weight excluding hydrogens is 702 g/mol. The molecule has 0 amide bonds. The van der Waals surface area contributed by atoms with Crippen molar-refractivity contribution in [2.45, 2.75) is 56.2 Å². The van der Waals surface area contributed by atoms with Crippen molar-refractivity contribution in [3.05, 3.63) is 130 Å². The second-order valence-corrected chi connectivity index (χ2v) is 11.5. The summed E-state index contributed by atoms with van der Waals surface area (Å²) in [4.78, 5) is 24.6. The van der Waals surface area contributed by atoms with Crippen molar-refractivity contribution < 1.29 is 68.1 Å². The number of rotatable bonds is 16. The molecule has 0 unspecified atom stereocenters. The van der Waals surface area contributed by atoms with Crippen LogP contribution in [0, 0.1) is 17.5 Å². The van der Waals surface area contributed by atoms with Gasteiger partial charge in [-0.25, -0.2) is 13.2 Å². The highest BCUT2D eigenvalue weighted by Crippen LogP contribution is 2.43. The van der Waals surface area contributed by atoms with Crippen molar-refractivity contribution >= 4 is 11.8 Å². The molecule has 0 spiro atoms. The Labute approximate surface area is 284 Å². The van der Waals surface area contributed by atoms with E-state index in [4.69, 9.17) is 9.84 Å². The summed E-state index contributed by atoms with van der Waals surface area (Å²) in [5.41, 5.74) is -4.26. The zero-order valence-corrected chi connectivity index (χ0v) is 26.3. The minimum Gasteiger partial charge on any atom is -0.494 e. The van der Waals surface area contributed by atoms with E-state index in [1.54, 1.807) is 0 Å². The van der Waals surface area contributed by atoms with Crippen LogP contribution < -0.4 is 9.47 Å². The number of hydrogen-bond donors (Lipinski definition) is 1. The Kier molecular flexibility index (Phi) is 12.0. The number of benzene rings is 4. The van der Waals surface area contributed by atoms with Crippen LogP contribution >= 0.6 is 0 Å². The highest BCUT2D eigenvalue weighted by atomic mass is 19.4. The van der Waals surface area contributed by atoms with E-state index in [0.717, 1.165) is 30.3 Å². The van der Waals surface area contributed by atoms with Crippen LogP contribution in [0.25, 0.3) is 0 Å². The predicted molar refractivity (Wildman–Crippen MR) is 163 cm³/mol. The Morgan fingerprint density at radius 1 is 0.725 bits per heavy atom. The largest absolute Gasteiger partial charge is 0.494 e. The number of alkyl halides is 7. The molecule has 0 aromatic heterocycles. The lowest BCUT2D eigenvalue weighted by Crippen LogP contribution is -2.35. The molecule has 0 aliphatic heterocycles. The molecule has 4 aromatic carbocycles. The predicted octanol–water partition coefficient (Wildman–Crippen LogP) is 9.79. The molecule has 0 aliphatic rings. The first kappa shape index (κ1) is 38.7. The average molecular weight is 731 g/mol. The number of ketones is 1. The molecule has 0 fully saturated rings. The van der Waals surface area contributed by atoms with E-state index < -0.39 is 76.6 Å². The molecule has 4 aromatic rings. The van der Waals surface area contributed by atoms with Gasteiger partial charge in [0.25, 0.3) is 0 Å². The molecule has 51 heavy (non-hydrogen) atoms. The van der Waals surface area contributed by atoms with E-state index in [0.29, 0.717) is 36.3 Å². The first-order chi connectivity index (χ1) is 23.9. The van der Waals surface area contributed by atoms with Crippen LogP contribution in [-0.2, 0) is 22.8 Å². The molecule has 0 saturated heterocycles. The van der Waals surface area contributed by atoms with Gasteiger partial charge in [-0.2, -0.15) is 30.7 Å². The summed E-state index contributed by atoms with van der Waals surface area (Å²) in [6.07, 6.45) is -15.1. The lowest BCUT2D eigenvalue weighted by molar-refractivity contribution is -0.253. The van der Waals surface area contributed by atoms with Crippen LogP contribution in [-0.4, -0.2) is 36.0 Å². The maximum atomic E-state index is 15.1. The van der Waals surface area contributed by atoms with E-state index in [1.165, 1.54) is 36.4 Å². The number of ether oxygens (including phenoxy) is 2. The van der Waals surface area contributed by atoms with Crippen molar-refractivity contribution in [2.75, 3.05) is 6.61 Å². The van der Waals surface area contributed by atoms with E-state index in [2.05, 4.69) is 4.74 Å². The summed E-state index contributed by atoms with van der Waals surface area (Å²) in [7, 11) is 0. The normalized spacial score (nSPS) is 13.2. The smallest absolute Gasteiger partial charge is 0.461 e. The summed E-state index contributed by atoms with van der Waals surface area (Å²) < 4.78 is 148. The van der Waals surface area contributed by atoms with Gasteiger partial charge in [0.15, 0.2) is 5.78 Å². The van der Waals surface area contributed by atoms with Crippen LogP contribution in [0.4, 0.5) is 43.9 Å². The molecule has 0 heterocycles. The molecule has 0 saturated carbocycles. The second kappa shape index (κ2) is 15.9. The fourth-order valence-electron chi connectivity index (χ4n) is 5.42. The van der Waals surface area contributed by atoms with Gasteiger partial charge in [0.2, 0.25) is 0 Å². The number of Topliss-reactive ketones (excluding diaryl/α,β-unsaturated/α-hetero) is 1. The third kappa shape index (κ3) is 10.0. The highest BCUT2D eigenvalue weighted by Gasteiger charge is 2.45. The first-order valence-electron chi connectivity index (χ1n) is 15.2. The fourth-order valence-corrected chi connectivity index (χ4v) is 5.42. The zero-order chi connectivity index (χ0) is 37.6. The Bertz CT molecular complexity index is 1830. The average Bonchev–Trinajstić information content (AvgIpc) is 3.04. The number of halogens is 10. The molecule has 0 aliphatic carbocycles. The summed E-state index contributed by atoms with van der Waals surface area (Å²) in [5, 5.41) is 8.78. The highest BCUT2D eigenvalue weighted by molar-refractivity contribution is 5.97. The van der Waals surface area contributed by atoms with Gasteiger partial charge in [-0.05, 0) is 90.6 Å². The van der Waals surface area contributed by atoms with E-state index >= 15 is 4.39 Å². The van der Waals surface area contributed by atoms with Crippen LogP contribution in [0.3, 0.4) is 0 Å². The topological polar surface area (TPSA) is 72.8 Å². The van der Waals surface area contributed by atoms with Gasteiger partial charge in [-0.1, -0.05) is 24.3 Å². The molecule has 0 bridgehead atoms. The summed E-state index contributed by atoms with van der Waals surface area (Å²) in [6, 6.07) is 13.6. The van der Waals surface area contributed by atoms with Crippen LogP contribution in [0.1, 0.15) is 58.3 Å². The second-order valence-electron chi connectivity index (χ2n) is 11.5. The summed E-state index contributed by atoms with van der Waals surface area (Å²) in [6.45, 7) is 0.160. The van der Waals surface area contributed by atoms with Crippen molar-refractivity contribution in [2.24, 2.45) is 0 Å². The van der Waals surface area contributed by atoms with Gasteiger partial charge in [0.1, 0.15) is 29.0 Å². The molecule has 4 rings (SSSR count). The van der Waals surface area contributed by atoms with Gasteiger partial charge in [0, 0.05) is 29.9 Å². The molecule has 272 valence electrons. The number of carbonyl (C=O) groups is 2. The van der Waals surface area contributed by atoms with Crippen molar-refractivity contribution in [3.63, 3.8) is 0 Å². The van der Waals surface area contributed by atoms with Gasteiger partial charge >= 0.3 is 24.7 Å². The van der Waals surface area contributed by atoms with Crippen molar-refractivity contribution in [1.29, 1.82) is 0 Å². The molecule has 1 N–H and O–H groups in total. The van der Waals surface area contributed by atoms with Gasteiger partial charge < -0.3 is 14.6 Å². The fraction of sp³-hybridized carbons (Fsp3) is 0.278. The van der Waals surface area contributed by atoms with Crippen LogP contribution in [0.5, 0.6) is 11.5 Å². The molecule has 5 nitrogen and oxygen atoms in total. The lowest BCUT2D eigenvalue weighted by Gasteiger charge is -2.36. The SMILES string of the molecule is O=C(O)CCCCOc1ccc(C[C@@](CC(=O)c2ccc(F)c(C(F)(F)F)c2)(c2ccc(F)cc2)c2cc(F)cc(OC(F)(F)C(F)F)c2)cc1. The van der Waals surface area contributed by atoms with Crippen molar-refractivity contribution in [3.8, 4) is 11.5 Å². The number of aliphatic carboxylic acids is 1. The van der Waals surface area contributed by atoms with Crippen LogP contribution in [0.2, 0.25) is 0 Å². The van der Waals surface area contributed by atoms with Crippen LogP contribution in [0.15, 0.2) is 84.9 Å². The van der Waals surface area contributed by atoms with Gasteiger partial charge in [-0.3, -0.25) is 9.59 Å². The Balaban J connectivity index is 1.85. The number of hydrogen-bond acceptors (Lipinski definition) is 4. The number of carboxylic acid groups (broad SMARTS) is 1. The molecule has 1 atom stereocenters. The Hall–Kier alpha value is -5.08. The van der Waals surface area contributed by atoms with Gasteiger partial charge in [-0.15, -0.1) is 0 Å². The summed E-state index contributed by atoms with van der Waals surface area (Å²) >= 11 is 0. The zero-order valence-electron chi connectivity index (χ0n) is 26.3. The Morgan fingerprint density at radius 2 is 1.39 bits per heavy atom. The van der Waals surface area contributed by atoms with E-state index in [-0.39, 0.29) is 36.6 Å². The molecule has 0 radical (unpaired) electrons. The maximum absolute atomic E-state index is 15.1. The summed E-state index contributed by atoms with van der Waals surface area (Å²) in [5.74, 6) is -6.49. The monoisotopic (exact) mass is 730 g/mol. The quantitative estimate of drug-likeness (QED) is 0.0706. The number of carbonyl (C=O) groups excluding carboxylic acids is 1. The van der Waals surface area contributed by atoms with E-state index in [9.17, 15) is 49.1 Å². The Morgan fingerprint density at radius 3 is 2.00 bits per heavy atom. The molecule has 15 heteroatoms. The van der Waals surface area contributed by atoms with E-state index in [1.807, 2.05) is 0 Å². The van der Waals surface area contributed by atoms with Gasteiger partial charge in [0.05, 0.1) is 12.2 Å². The first-order valence-corrected chi connectivity index (χ1v) is 15.2. The minimum absolute atomic E-state index is 0.0336. The molecular formula is C36H28F10O5. The van der Waals surface area contributed by atoms with Crippen molar-refractivity contribution in [1.82, 2.24) is 0 Å². The third-order valence-electron chi connectivity index (χ3n) is 7.87. The third-order valence-corrected chi connectivity index (χ3v) is 7.87. The lowest BCUT2D eigenvalue weighted by atomic mass is 9.67. The minimum atomic E-state index is -5.20. The number of carboxylic acids is 1. The maximum Gasteiger partial charge on any atom is 0.461 e. The number of unbranched alkanes of at least 4 members (excludes halogenated alkanes) is 1.